The molecule has 2 saturated heterocycles. The molecule has 2 unspecified atom stereocenters. The predicted molar refractivity (Wildman–Crippen MR) is 73.0 cm³/mol. The zero-order valence-corrected chi connectivity index (χ0v) is 12.4. The molecule has 3 fully saturated rings. The highest BCUT2D eigenvalue weighted by Crippen LogP contribution is 2.39. The molecular formula is C13H23NO5S. The first kappa shape index (κ1) is 14.7. The van der Waals surface area contributed by atoms with Crippen LogP contribution in [0.5, 0.6) is 0 Å². The maximum Gasteiger partial charge on any atom is 0.169 e. The fourth-order valence-electron chi connectivity index (χ4n) is 3.50. The second kappa shape index (κ2) is 5.53. The van der Waals surface area contributed by atoms with Gasteiger partial charge in [-0.25, -0.2) is 8.42 Å². The molecule has 116 valence electrons. The molecule has 2 atom stereocenters. The molecule has 6 nitrogen and oxygen atoms in total. The third-order valence-corrected chi connectivity index (χ3v) is 7.48. The summed E-state index contributed by atoms with van der Waals surface area (Å²) >= 11 is 0. The predicted octanol–water partition coefficient (Wildman–Crippen LogP) is 0.203. The summed E-state index contributed by atoms with van der Waals surface area (Å²) in [5.41, 5.74) is 6.10. The molecule has 1 saturated carbocycles. The van der Waals surface area contributed by atoms with Crippen molar-refractivity contribution >= 4 is 9.84 Å². The average molecular weight is 305 g/mol. The Hall–Kier alpha value is -0.210. The summed E-state index contributed by atoms with van der Waals surface area (Å²) in [4.78, 5) is 0. The van der Waals surface area contributed by atoms with Crippen LogP contribution in [-0.4, -0.2) is 57.2 Å². The molecule has 0 radical (unpaired) electrons. The Morgan fingerprint density at radius 3 is 2.30 bits per heavy atom. The fourth-order valence-corrected chi connectivity index (χ4v) is 5.96. The molecule has 2 heterocycles. The van der Waals surface area contributed by atoms with Crippen molar-refractivity contribution in [3.63, 3.8) is 0 Å². The number of hydrogen-bond acceptors (Lipinski definition) is 6. The Bertz CT molecular complexity index is 440. The molecule has 0 aromatic carbocycles. The van der Waals surface area contributed by atoms with E-state index in [1.165, 1.54) is 0 Å². The van der Waals surface area contributed by atoms with E-state index >= 15 is 0 Å². The van der Waals surface area contributed by atoms with Gasteiger partial charge in [0.25, 0.3) is 0 Å². The van der Waals surface area contributed by atoms with Gasteiger partial charge in [0.2, 0.25) is 0 Å². The van der Waals surface area contributed by atoms with Crippen LogP contribution >= 0.6 is 0 Å². The minimum absolute atomic E-state index is 0.318. The topological polar surface area (TPSA) is 87.9 Å². The highest BCUT2D eigenvalue weighted by Gasteiger charge is 2.50. The van der Waals surface area contributed by atoms with Crippen LogP contribution in [0.15, 0.2) is 0 Å². The molecule has 0 aromatic rings. The maximum absolute atomic E-state index is 12.8. The molecule has 20 heavy (non-hydrogen) atoms. The minimum atomic E-state index is -3.26. The lowest BCUT2D eigenvalue weighted by Crippen LogP contribution is -2.54. The maximum atomic E-state index is 12.8. The first-order chi connectivity index (χ1) is 9.54. The van der Waals surface area contributed by atoms with Gasteiger partial charge in [-0.15, -0.1) is 0 Å². The molecule has 2 aliphatic heterocycles. The number of rotatable bonds is 2. The van der Waals surface area contributed by atoms with Crippen molar-refractivity contribution in [2.45, 2.75) is 54.4 Å². The number of nitrogens with two attached hydrogens (primary N) is 1. The fraction of sp³-hybridized carbons (Fsp3) is 1.00. The zero-order valence-electron chi connectivity index (χ0n) is 11.6. The molecule has 1 spiro atoms. The van der Waals surface area contributed by atoms with E-state index in [0.29, 0.717) is 58.5 Å². The SMILES string of the molecule is NC1CCC2(CC1S(=O)(=O)C1CCOCC1)OCCO2. The van der Waals surface area contributed by atoms with Crippen LogP contribution in [-0.2, 0) is 24.0 Å². The van der Waals surface area contributed by atoms with Crippen LogP contribution in [0.1, 0.15) is 32.1 Å². The second-order valence-electron chi connectivity index (χ2n) is 5.95. The Labute approximate surface area is 119 Å². The van der Waals surface area contributed by atoms with Gasteiger partial charge in [0, 0.05) is 32.1 Å². The van der Waals surface area contributed by atoms with Crippen LogP contribution in [0.4, 0.5) is 0 Å². The average Bonchev–Trinajstić information content (AvgIpc) is 2.91. The Kier molecular flexibility index (Phi) is 4.07. The van der Waals surface area contributed by atoms with Crippen LogP contribution in [0.25, 0.3) is 0 Å². The summed E-state index contributed by atoms with van der Waals surface area (Å²) in [5, 5.41) is -0.888. The van der Waals surface area contributed by atoms with E-state index in [9.17, 15) is 8.42 Å². The Balaban J connectivity index is 1.79. The summed E-state index contributed by atoms with van der Waals surface area (Å²) < 4.78 is 42.3. The van der Waals surface area contributed by atoms with Gasteiger partial charge < -0.3 is 19.9 Å². The van der Waals surface area contributed by atoms with E-state index in [1.54, 1.807) is 0 Å². The van der Waals surface area contributed by atoms with Gasteiger partial charge in [0.1, 0.15) is 0 Å². The largest absolute Gasteiger partial charge is 0.381 e. The lowest BCUT2D eigenvalue weighted by molar-refractivity contribution is -0.177. The van der Waals surface area contributed by atoms with E-state index in [4.69, 9.17) is 19.9 Å². The minimum Gasteiger partial charge on any atom is -0.381 e. The smallest absolute Gasteiger partial charge is 0.169 e. The van der Waals surface area contributed by atoms with Crippen molar-refractivity contribution in [1.82, 2.24) is 0 Å². The molecule has 7 heteroatoms. The molecule has 2 N–H and O–H groups in total. The van der Waals surface area contributed by atoms with E-state index < -0.39 is 20.9 Å². The number of hydrogen-bond donors (Lipinski definition) is 1. The van der Waals surface area contributed by atoms with Crippen LogP contribution in [0.2, 0.25) is 0 Å². The normalized spacial score (nSPS) is 35.5. The lowest BCUT2D eigenvalue weighted by atomic mass is 9.90. The highest BCUT2D eigenvalue weighted by atomic mass is 32.2. The van der Waals surface area contributed by atoms with E-state index in [-0.39, 0.29) is 11.3 Å². The van der Waals surface area contributed by atoms with Crippen LogP contribution in [0, 0.1) is 0 Å². The lowest BCUT2D eigenvalue weighted by Gasteiger charge is -2.40. The number of sulfone groups is 1. The summed E-state index contributed by atoms with van der Waals surface area (Å²) in [6.45, 7) is 2.12. The first-order valence-electron chi connectivity index (χ1n) is 7.37. The van der Waals surface area contributed by atoms with Gasteiger partial charge in [-0.3, -0.25) is 0 Å². The van der Waals surface area contributed by atoms with E-state index in [1.807, 2.05) is 0 Å². The van der Waals surface area contributed by atoms with E-state index in [0.717, 1.165) is 0 Å². The molecule has 0 amide bonds. The van der Waals surface area contributed by atoms with Crippen molar-refractivity contribution in [1.29, 1.82) is 0 Å². The summed E-state index contributed by atoms with van der Waals surface area (Å²) in [7, 11) is -3.26. The monoisotopic (exact) mass is 305 g/mol. The molecule has 3 aliphatic rings. The third kappa shape index (κ3) is 2.62. The van der Waals surface area contributed by atoms with Crippen molar-refractivity contribution in [2.24, 2.45) is 5.73 Å². The van der Waals surface area contributed by atoms with Gasteiger partial charge in [0.15, 0.2) is 15.6 Å². The first-order valence-corrected chi connectivity index (χ1v) is 8.98. The molecular weight excluding hydrogens is 282 g/mol. The summed E-state index contributed by atoms with van der Waals surface area (Å²) in [6, 6.07) is -0.318. The third-order valence-electron chi connectivity index (χ3n) is 4.72. The molecule has 1 aliphatic carbocycles. The molecule has 0 bridgehead atoms. The quantitative estimate of drug-likeness (QED) is 0.784. The van der Waals surface area contributed by atoms with Crippen molar-refractivity contribution < 1.29 is 22.6 Å². The van der Waals surface area contributed by atoms with Crippen LogP contribution < -0.4 is 5.73 Å². The standard InChI is InChI=1S/C13H23NO5S/c14-11-1-4-13(18-7-8-19-13)9-12(11)20(15,16)10-2-5-17-6-3-10/h10-12H,1-9,14H2. The summed E-state index contributed by atoms with van der Waals surface area (Å²) in [5.74, 6) is -0.710. The van der Waals surface area contributed by atoms with Gasteiger partial charge in [-0.05, 0) is 19.3 Å². The van der Waals surface area contributed by atoms with Gasteiger partial charge in [-0.2, -0.15) is 0 Å². The number of ether oxygens (including phenoxy) is 3. The van der Waals surface area contributed by atoms with E-state index in [2.05, 4.69) is 0 Å². The van der Waals surface area contributed by atoms with Crippen molar-refractivity contribution in [2.75, 3.05) is 26.4 Å². The van der Waals surface area contributed by atoms with Gasteiger partial charge in [-0.1, -0.05) is 0 Å². The van der Waals surface area contributed by atoms with Crippen LogP contribution in [0.3, 0.4) is 0 Å². The zero-order chi connectivity index (χ0) is 14.2. The van der Waals surface area contributed by atoms with Gasteiger partial charge in [0.05, 0.1) is 23.7 Å². The molecule has 3 rings (SSSR count). The summed E-state index contributed by atoms with van der Waals surface area (Å²) in [6.07, 6.45) is 2.83. The molecule has 0 aromatic heterocycles. The Morgan fingerprint density at radius 2 is 1.65 bits per heavy atom. The second-order valence-corrected chi connectivity index (χ2v) is 8.40. The highest BCUT2D eigenvalue weighted by molar-refractivity contribution is 7.92. The van der Waals surface area contributed by atoms with Crippen molar-refractivity contribution in [3.8, 4) is 0 Å². The van der Waals surface area contributed by atoms with Gasteiger partial charge >= 0.3 is 0 Å². The Morgan fingerprint density at radius 1 is 1.00 bits per heavy atom. The van der Waals surface area contributed by atoms with Crippen molar-refractivity contribution in [3.05, 3.63) is 0 Å².